The zero-order valence-corrected chi connectivity index (χ0v) is 16.1. The maximum Gasteiger partial charge on any atom is 0.223 e. The number of anilines is 1. The zero-order chi connectivity index (χ0) is 18.5. The number of benzene rings is 1. The van der Waals surface area contributed by atoms with E-state index in [-0.39, 0.29) is 6.10 Å². The molecule has 0 aliphatic carbocycles. The van der Waals surface area contributed by atoms with Gasteiger partial charge < -0.3 is 15.7 Å². The molecule has 2 heterocycles. The van der Waals surface area contributed by atoms with Crippen molar-refractivity contribution in [2.24, 2.45) is 5.92 Å². The normalized spacial score (nSPS) is 24.2. The molecule has 0 radical (unpaired) electrons. The highest BCUT2D eigenvalue weighted by molar-refractivity contribution is 6.32. The Morgan fingerprint density at radius 3 is 2.62 bits per heavy atom. The van der Waals surface area contributed by atoms with E-state index >= 15 is 0 Å². The van der Waals surface area contributed by atoms with Crippen LogP contribution in [0.25, 0.3) is 11.3 Å². The molecule has 140 valence electrons. The van der Waals surface area contributed by atoms with Crippen LogP contribution in [0, 0.1) is 5.92 Å². The molecule has 1 aliphatic heterocycles. The second-order valence-electron chi connectivity index (χ2n) is 7.24. The molecule has 6 heteroatoms. The van der Waals surface area contributed by atoms with Gasteiger partial charge >= 0.3 is 0 Å². The van der Waals surface area contributed by atoms with Crippen molar-refractivity contribution in [1.82, 2.24) is 15.3 Å². The van der Waals surface area contributed by atoms with Crippen molar-refractivity contribution >= 4 is 17.5 Å². The number of rotatable bonds is 6. The van der Waals surface area contributed by atoms with E-state index in [1.165, 1.54) is 0 Å². The van der Waals surface area contributed by atoms with Crippen LogP contribution in [0.15, 0.2) is 36.5 Å². The summed E-state index contributed by atoms with van der Waals surface area (Å²) >= 11 is 6.25. The lowest BCUT2D eigenvalue weighted by molar-refractivity contribution is 0.0652. The van der Waals surface area contributed by atoms with Crippen molar-refractivity contribution in [1.29, 1.82) is 0 Å². The van der Waals surface area contributed by atoms with E-state index in [0.717, 1.165) is 18.4 Å². The van der Waals surface area contributed by atoms with Crippen LogP contribution < -0.4 is 10.6 Å². The van der Waals surface area contributed by atoms with Crippen LogP contribution in [0.2, 0.25) is 5.02 Å². The van der Waals surface area contributed by atoms with Crippen LogP contribution >= 0.6 is 11.6 Å². The number of nitrogens with zero attached hydrogens (tertiary/aromatic N) is 2. The minimum Gasteiger partial charge on any atom is -0.393 e. The minimum atomic E-state index is -0.310. The molecule has 1 fully saturated rings. The summed E-state index contributed by atoms with van der Waals surface area (Å²) in [6.45, 7) is 4.99. The number of halogens is 1. The topological polar surface area (TPSA) is 70.1 Å². The number of aliphatic hydroxyl groups is 1. The maximum absolute atomic E-state index is 10.5. The van der Waals surface area contributed by atoms with Gasteiger partial charge in [0.2, 0.25) is 5.95 Å². The SMILES string of the molecule is CC1CC(C(O)CCNc2ncc(Cl)c(-c3ccccc3)n2)CC(C)N1. The van der Waals surface area contributed by atoms with Gasteiger partial charge in [-0.15, -0.1) is 0 Å². The smallest absolute Gasteiger partial charge is 0.223 e. The highest BCUT2D eigenvalue weighted by atomic mass is 35.5. The first-order valence-corrected chi connectivity index (χ1v) is 9.66. The first-order chi connectivity index (χ1) is 12.5. The Balaban J connectivity index is 1.57. The number of aromatic nitrogens is 2. The second kappa shape index (κ2) is 8.80. The fourth-order valence-corrected chi connectivity index (χ4v) is 3.96. The Morgan fingerprint density at radius 1 is 1.23 bits per heavy atom. The lowest BCUT2D eigenvalue weighted by atomic mass is 9.84. The van der Waals surface area contributed by atoms with Crippen LogP contribution in [-0.4, -0.2) is 39.8 Å². The molecule has 2 aromatic rings. The molecule has 3 atom stereocenters. The van der Waals surface area contributed by atoms with Gasteiger partial charge in [0.1, 0.15) is 0 Å². The summed E-state index contributed by atoms with van der Waals surface area (Å²) in [7, 11) is 0. The Kier molecular flexibility index (Phi) is 6.46. The molecule has 0 amide bonds. The largest absolute Gasteiger partial charge is 0.393 e. The Bertz CT molecular complexity index is 702. The van der Waals surface area contributed by atoms with Crippen molar-refractivity contribution in [3.8, 4) is 11.3 Å². The number of hydrogen-bond acceptors (Lipinski definition) is 5. The van der Waals surface area contributed by atoms with Gasteiger partial charge in [0, 0.05) is 24.2 Å². The van der Waals surface area contributed by atoms with Crippen molar-refractivity contribution in [3.63, 3.8) is 0 Å². The van der Waals surface area contributed by atoms with Gasteiger partial charge in [0.15, 0.2) is 0 Å². The lowest BCUT2D eigenvalue weighted by Crippen LogP contribution is -2.45. The molecule has 1 aromatic carbocycles. The van der Waals surface area contributed by atoms with Crippen LogP contribution in [-0.2, 0) is 0 Å². The molecule has 1 saturated heterocycles. The predicted octanol–water partition coefficient (Wildman–Crippen LogP) is 3.74. The number of piperidine rings is 1. The van der Waals surface area contributed by atoms with Crippen LogP contribution in [0.4, 0.5) is 5.95 Å². The van der Waals surface area contributed by atoms with Gasteiger partial charge in [-0.25, -0.2) is 9.97 Å². The van der Waals surface area contributed by atoms with E-state index < -0.39 is 0 Å². The standard InChI is InChI=1S/C20H27ClN4O/c1-13-10-16(11-14(2)24-13)18(26)8-9-22-20-23-12-17(21)19(25-20)15-6-4-3-5-7-15/h3-7,12-14,16,18,24,26H,8-11H2,1-2H3,(H,22,23,25). The molecule has 0 bridgehead atoms. The molecule has 0 saturated carbocycles. The first kappa shape index (κ1) is 19.1. The van der Waals surface area contributed by atoms with E-state index in [0.29, 0.717) is 47.6 Å². The summed E-state index contributed by atoms with van der Waals surface area (Å²) < 4.78 is 0. The zero-order valence-electron chi connectivity index (χ0n) is 15.3. The van der Waals surface area contributed by atoms with E-state index in [1.54, 1.807) is 6.20 Å². The summed E-state index contributed by atoms with van der Waals surface area (Å²) in [5.74, 6) is 0.876. The van der Waals surface area contributed by atoms with Crippen molar-refractivity contribution in [2.45, 2.75) is 51.3 Å². The number of aliphatic hydroxyl groups excluding tert-OH is 1. The summed E-state index contributed by atoms with van der Waals surface area (Å²) in [6, 6.07) is 10.7. The third-order valence-corrected chi connectivity index (χ3v) is 5.22. The molecule has 3 rings (SSSR count). The monoisotopic (exact) mass is 374 g/mol. The van der Waals surface area contributed by atoms with Gasteiger partial charge in [-0.1, -0.05) is 41.9 Å². The summed E-state index contributed by atoms with van der Waals surface area (Å²) in [4.78, 5) is 8.78. The second-order valence-corrected chi connectivity index (χ2v) is 7.65. The van der Waals surface area contributed by atoms with Crippen molar-refractivity contribution < 1.29 is 5.11 Å². The number of nitrogens with one attached hydrogen (secondary N) is 2. The summed E-state index contributed by atoms with van der Waals surface area (Å²) in [5, 5.41) is 17.8. The quantitative estimate of drug-likeness (QED) is 0.718. The first-order valence-electron chi connectivity index (χ1n) is 9.29. The van der Waals surface area contributed by atoms with Crippen LogP contribution in [0.5, 0.6) is 0 Å². The fraction of sp³-hybridized carbons (Fsp3) is 0.500. The van der Waals surface area contributed by atoms with Gasteiger partial charge in [-0.2, -0.15) is 0 Å². The van der Waals surface area contributed by atoms with E-state index in [9.17, 15) is 5.11 Å². The molecule has 1 aliphatic rings. The molecular weight excluding hydrogens is 348 g/mol. The Hall–Kier alpha value is -1.69. The van der Waals surface area contributed by atoms with Gasteiger partial charge in [-0.3, -0.25) is 0 Å². The lowest BCUT2D eigenvalue weighted by Gasteiger charge is -2.35. The molecule has 1 aromatic heterocycles. The highest BCUT2D eigenvalue weighted by Gasteiger charge is 2.28. The van der Waals surface area contributed by atoms with Crippen molar-refractivity contribution in [2.75, 3.05) is 11.9 Å². The van der Waals surface area contributed by atoms with Crippen molar-refractivity contribution in [3.05, 3.63) is 41.6 Å². The minimum absolute atomic E-state index is 0.310. The van der Waals surface area contributed by atoms with E-state index in [2.05, 4.69) is 34.4 Å². The van der Waals surface area contributed by atoms with E-state index in [1.807, 2.05) is 30.3 Å². The average Bonchev–Trinajstić information content (AvgIpc) is 2.63. The maximum atomic E-state index is 10.5. The molecule has 0 spiro atoms. The third kappa shape index (κ3) is 4.93. The molecule has 3 N–H and O–H groups in total. The average molecular weight is 375 g/mol. The Morgan fingerprint density at radius 2 is 1.92 bits per heavy atom. The van der Waals surface area contributed by atoms with Crippen LogP contribution in [0.1, 0.15) is 33.1 Å². The highest BCUT2D eigenvalue weighted by Crippen LogP contribution is 2.27. The summed E-state index contributed by atoms with van der Waals surface area (Å²) in [6.07, 6.45) is 4.01. The molecule has 5 nitrogen and oxygen atoms in total. The number of hydrogen-bond donors (Lipinski definition) is 3. The van der Waals surface area contributed by atoms with Gasteiger partial charge in [0.25, 0.3) is 0 Å². The summed E-state index contributed by atoms with van der Waals surface area (Å²) in [5.41, 5.74) is 1.67. The van der Waals surface area contributed by atoms with E-state index in [4.69, 9.17) is 11.6 Å². The predicted molar refractivity (Wildman–Crippen MR) is 106 cm³/mol. The van der Waals surface area contributed by atoms with Gasteiger partial charge in [-0.05, 0) is 39.0 Å². The fourth-order valence-electron chi connectivity index (χ4n) is 3.76. The molecule has 3 unspecified atom stereocenters. The van der Waals surface area contributed by atoms with Gasteiger partial charge in [0.05, 0.1) is 23.0 Å². The van der Waals surface area contributed by atoms with Crippen LogP contribution in [0.3, 0.4) is 0 Å². The Labute approximate surface area is 160 Å². The molecule has 26 heavy (non-hydrogen) atoms. The molecular formula is C20H27ClN4O. The third-order valence-electron chi connectivity index (χ3n) is 4.94.